The number of halogens is 1. The molecule has 0 fully saturated rings. The van der Waals surface area contributed by atoms with Crippen molar-refractivity contribution in [3.8, 4) is 5.69 Å². The van der Waals surface area contributed by atoms with E-state index in [0.29, 0.717) is 17.3 Å². The average molecular weight is 370 g/mol. The minimum absolute atomic E-state index is 0.451. The van der Waals surface area contributed by atoms with Gasteiger partial charge in [0.1, 0.15) is 3.70 Å². The molecule has 0 unspecified atom stereocenters. The average Bonchev–Trinajstić information content (AvgIpc) is 2.59. The first-order valence-electron chi connectivity index (χ1n) is 6.24. The van der Waals surface area contributed by atoms with Crippen LogP contribution in [0.5, 0.6) is 0 Å². The van der Waals surface area contributed by atoms with Gasteiger partial charge in [-0.05, 0) is 60.1 Å². The normalized spacial score (nSPS) is 11.3. The summed E-state index contributed by atoms with van der Waals surface area (Å²) >= 11 is 2.29. The van der Waals surface area contributed by atoms with Gasteiger partial charge in [0.2, 0.25) is 0 Å². The molecule has 0 saturated heterocycles. The Balaban J connectivity index is 2.67. The molecule has 2 rings (SSSR count). The summed E-state index contributed by atoms with van der Waals surface area (Å²) in [5.74, 6) is 0.451. The third-order valence-electron chi connectivity index (χ3n) is 3.32. The number of nitrogens with zero attached hydrogens (tertiary/aromatic N) is 2. The second-order valence-corrected chi connectivity index (χ2v) is 6.15. The van der Waals surface area contributed by atoms with Gasteiger partial charge in [0.15, 0.2) is 0 Å². The van der Waals surface area contributed by atoms with Crippen LogP contribution < -0.4 is 11.5 Å². The van der Waals surface area contributed by atoms with Crippen molar-refractivity contribution in [2.45, 2.75) is 33.6 Å². The lowest BCUT2D eigenvalue weighted by atomic mass is 10.0. The molecule has 1 aromatic carbocycles. The quantitative estimate of drug-likeness (QED) is 0.629. The highest BCUT2D eigenvalue weighted by molar-refractivity contribution is 14.1. The molecule has 0 saturated carbocycles. The van der Waals surface area contributed by atoms with Crippen molar-refractivity contribution in [3.63, 3.8) is 0 Å². The maximum atomic E-state index is 5.91. The van der Waals surface area contributed by atoms with Crippen LogP contribution in [-0.2, 0) is 0 Å². The van der Waals surface area contributed by atoms with Crippen molar-refractivity contribution in [2.75, 3.05) is 11.5 Å². The summed E-state index contributed by atoms with van der Waals surface area (Å²) in [5, 5.41) is 4.64. The molecule has 0 aliphatic heterocycles. The number of hydrogen-bond donors (Lipinski definition) is 2. The second-order valence-electron chi connectivity index (χ2n) is 5.12. The number of rotatable bonds is 2. The van der Waals surface area contributed by atoms with E-state index in [1.165, 1.54) is 5.56 Å². The third kappa shape index (κ3) is 2.43. The molecule has 0 spiro atoms. The lowest BCUT2D eigenvalue weighted by Gasteiger charge is -2.12. The summed E-state index contributed by atoms with van der Waals surface area (Å²) < 4.78 is 3.00. The Morgan fingerprint density at radius 3 is 2.26 bits per heavy atom. The van der Waals surface area contributed by atoms with E-state index in [1.54, 1.807) is 0 Å². The van der Waals surface area contributed by atoms with Crippen LogP contribution in [-0.4, -0.2) is 9.78 Å². The first kappa shape index (κ1) is 14.2. The Morgan fingerprint density at radius 2 is 1.74 bits per heavy atom. The van der Waals surface area contributed by atoms with Gasteiger partial charge in [0.05, 0.1) is 17.1 Å². The molecule has 2 aromatic rings. The SMILES string of the molecule is Cc1cc(N)c(N)cc1-n1nc(I)c(C(C)C)c1C. The topological polar surface area (TPSA) is 69.9 Å². The van der Waals surface area contributed by atoms with Gasteiger partial charge in [0.25, 0.3) is 0 Å². The van der Waals surface area contributed by atoms with E-state index in [-0.39, 0.29) is 0 Å². The van der Waals surface area contributed by atoms with Gasteiger partial charge in [0, 0.05) is 11.3 Å². The maximum absolute atomic E-state index is 5.91. The molecule has 0 aliphatic rings. The second kappa shape index (κ2) is 5.03. The van der Waals surface area contributed by atoms with E-state index in [0.717, 1.165) is 20.6 Å². The van der Waals surface area contributed by atoms with Gasteiger partial charge in [-0.25, -0.2) is 4.68 Å². The van der Waals surface area contributed by atoms with Gasteiger partial charge in [-0.15, -0.1) is 0 Å². The van der Waals surface area contributed by atoms with Crippen LogP contribution in [0.1, 0.15) is 36.6 Å². The fraction of sp³-hybridized carbons (Fsp3) is 0.357. The molecule has 4 nitrogen and oxygen atoms in total. The molecular weight excluding hydrogens is 351 g/mol. The molecule has 1 heterocycles. The van der Waals surface area contributed by atoms with Gasteiger partial charge in [-0.1, -0.05) is 13.8 Å². The Hall–Kier alpha value is -1.24. The van der Waals surface area contributed by atoms with Crippen LogP contribution in [0.25, 0.3) is 5.69 Å². The predicted octanol–water partition coefficient (Wildman–Crippen LogP) is 3.38. The highest BCUT2D eigenvalue weighted by Crippen LogP contribution is 2.29. The number of hydrogen-bond acceptors (Lipinski definition) is 3. The van der Waals surface area contributed by atoms with Crippen molar-refractivity contribution in [1.29, 1.82) is 0 Å². The third-order valence-corrected chi connectivity index (χ3v) is 4.12. The fourth-order valence-corrected chi connectivity index (χ4v) is 3.56. The number of nitrogens with two attached hydrogens (primary N) is 2. The lowest BCUT2D eigenvalue weighted by Crippen LogP contribution is -2.05. The number of anilines is 2. The Bertz CT molecular complexity index is 629. The van der Waals surface area contributed by atoms with E-state index < -0.39 is 0 Å². The zero-order valence-electron chi connectivity index (χ0n) is 11.7. The number of benzene rings is 1. The molecule has 4 N–H and O–H groups in total. The summed E-state index contributed by atoms with van der Waals surface area (Å²) in [6.45, 7) is 8.48. The van der Waals surface area contributed by atoms with E-state index in [2.05, 4.69) is 48.5 Å². The van der Waals surface area contributed by atoms with Crippen LogP contribution in [0.3, 0.4) is 0 Å². The van der Waals surface area contributed by atoms with Crippen LogP contribution in [0.2, 0.25) is 0 Å². The standard InChI is InChI=1S/C14H19IN4/c1-7(2)13-9(4)19(18-14(13)15)12-6-11(17)10(16)5-8(12)3/h5-7H,16-17H2,1-4H3. The smallest absolute Gasteiger partial charge is 0.127 e. The van der Waals surface area contributed by atoms with Crippen LogP contribution in [0.15, 0.2) is 12.1 Å². The van der Waals surface area contributed by atoms with Crippen molar-refractivity contribution < 1.29 is 0 Å². The molecule has 19 heavy (non-hydrogen) atoms. The maximum Gasteiger partial charge on any atom is 0.127 e. The van der Waals surface area contributed by atoms with Gasteiger partial charge >= 0.3 is 0 Å². The molecule has 0 atom stereocenters. The zero-order valence-corrected chi connectivity index (χ0v) is 13.8. The fourth-order valence-electron chi connectivity index (χ4n) is 2.33. The minimum Gasteiger partial charge on any atom is -0.397 e. The number of aryl methyl sites for hydroxylation is 1. The molecule has 102 valence electrons. The van der Waals surface area contributed by atoms with Crippen molar-refractivity contribution in [3.05, 3.63) is 32.7 Å². The molecule has 0 bridgehead atoms. The monoisotopic (exact) mass is 370 g/mol. The van der Waals surface area contributed by atoms with Gasteiger partial charge in [-0.3, -0.25) is 0 Å². The zero-order chi connectivity index (χ0) is 14.3. The van der Waals surface area contributed by atoms with E-state index in [9.17, 15) is 0 Å². The molecule has 0 amide bonds. The summed E-state index contributed by atoms with van der Waals surface area (Å²) in [4.78, 5) is 0. The van der Waals surface area contributed by atoms with Gasteiger partial charge in [-0.2, -0.15) is 5.10 Å². The Kier molecular flexibility index (Phi) is 3.75. The van der Waals surface area contributed by atoms with E-state index in [1.807, 2.05) is 23.7 Å². The minimum atomic E-state index is 0.451. The number of aromatic nitrogens is 2. The van der Waals surface area contributed by atoms with Crippen molar-refractivity contribution >= 4 is 34.0 Å². The first-order chi connectivity index (χ1) is 8.82. The summed E-state index contributed by atoms with van der Waals surface area (Å²) in [5.41, 5.74) is 17.5. The van der Waals surface area contributed by atoms with Crippen LogP contribution in [0.4, 0.5) is 11.4 Å². The van der Waals surface area contributed by atoms with E-state index in [4.69, 9.17) is 11.5 Å². The summed E-state index contributed by atoms with van der Waals surface area (Å²) in [6.07, 6.45) is 0. The summed E-state index contributed by atoms with van der Waals surface area (Å²) in [7, 11) is 0. The molecule has 1 aromatic heterocycles. The molecule has 5 heteroatoms. The van der Waals surface area contributed by atoms with E-state index >= 15 is 0 Å². The summed E-state index contributed by atoms with van der Waals surface area (Å²) in [6, 6.07) is 3.79. The van der Waals surface area contributed by atoms with Crippen molar-refractivity contribution in [2.24, 2.45) is 0 Å². The van der Waals surface area contributed by atoms with Crippen LogP contribution >= 0.6 is 22.6 Å². The number of nitrogen functional groups attached to an aromatic ring is 2. The van der Waals surface area contributed by atoms with Gasteiger partial charge < -0.3 is 11.5 Å². The first-order valence-corrected chi connectivity index (χ1v) is 7.31. The lowest BCUT2D eigenvalue weighted by molar-refractivity contribution is 0.819. The van der Waals surface area contributed by atoms with Crippen LogP contribution in [0, 0.1) is 17.5 Å². The predicted molar refractivity (Wildman–Crippen MR) is 88.7 cm³/mol. The van der Waals surface area contributed by atoms with Crippen molar-refractivity contribution in [1.82, 2.24) is 9.78 Å². The molecular formula is C14H19IN4. The largest absolute Gasteiger partial charge is 0.397 e. The molecule has 0 aliphatic carbocycles. The Morgan fingerprint density at radius 1 is 1.16 bits per heavy atom. The molecule has 0 radical (unpaired) electrons. The Labute approximate surface area is 127 Å². The highest BCUT2D eigenvalue weighted by Gasteiger charge is 2.17. The highest BCUT2D eigenvalue weighted by atomic mass is 127.